The molecule has 0 saturated carbocycles. The lowest BCUT2D eigenvalue weighted by molar-refractivity contribution is -0.274. The molecule has 1 saturated heterocycles. The lowest BCUT2D eigenvalue weighted by Gasteiger charge is -2.35. The van der Waals surface area contributed by atoms with E-state index in [2.05, 4.69) is 49.1 Å². The number of hydrogen-bond donors (Lipinski definition) is 2. The molecule has 5 aromatic rings. The van der Waals surface area contributed by atoms with Crippen molar-refractivity contribution < 1.29 is 22.7 Å². The van der Waals surface area contributed by atoms with Gasteiger partial charge in [-0.15, -0.1) is 13.2 Å². The number of piperazine rings is 1. The highest BCUT2D eigenvalue weighted by Gasteiger charge is 2.31. The molecular weight excluding hydrogens is 629 g/mol. The number of hydrogen-bond acceptors (Lipinski definition) is 6. The van der Waals surface area contributed by atoms with Gasteiger partial charge < -0.3 is 20.4 Å². The standard InChI is InChI=1S/C35H34ClF3N6O2/c36-32-4-2-1-3-26(32)22-44-15-13-43(14-16-44)21-24-5-12-33-30(17-24)31(25-6-10-29(11-7-25)47-35(37,38)39)23-45(33)28-9-8-27(41-20-28)19-42-34(46)18-40/h1-12,17,20,23H,13-16,18-19,21-22,40H2,(H,42,46). The van der Waals surface area contributed by atoms with Crippen LogP contribution < -0.4 is 15.8 Å². The van der Waals surface area contributed by atoms with E-state index in [1.165, 1.54) is 12.1 Å². The van der Waals surface area contributed by atoms with Crippen molar-refractivity contribution in [1.29, 1.82) is 0 Å². The van der Waals surface area contributed by atoms with E-state index < -0.39 is 6.36 Å². The first kappa shape index (κ1) is 32.5. The zero-order valence-corrected chi connectivity index (χ0v) is 26.3. The molecule has 0 bridgehead atoms. The fourth-order valence-electron chi connectivity index (χ4n) is 5.81. The Morgan fingerprint density at radius 1 is 0.936 bits per heavy atom. The molecule has 1 aliphatic heterocycles. The summed E-state index contributed by atoms with van der Waals surface area (Å²) in [6.45, 7) is 5.45. The van der Waals surface area contributed by atoms with Crippen LogP contribution in [0.3, 0.4) is 0 Å². The van der Waals surface area contributed by atoms with Crippen LogP contribution in [0.25, 0.3) is 27.7 Å². The smallest absolute Gasteiger partial charge is 0.406 e. The van der Waals surface area contributed by atoms with Crippen molar-refractivity contribution in [1.82, 2.24) is 24.7 Å². The van der Waals surface area contributed by atoms with Gasteiger partial charge in [0, 0.05) is 61.4 Å². The lowest BCUT2D eigenvalue weighted by Crippen LogP contribution is -2.45. The van der Waals surface area contributed by atoms with Crippen molar-refractivity contribution in [2.24, 2.45) is 5.73 Å². The average molecular weight is 663 g/mol. The lowest BCUT2D eigenvalue weighted by atomic mass is 10.0. The van der Waals surface area contributed by atoms with Gasteiger partial charge in [-0.25, -0.2) is 0 Å². The normalized spacial score (nSPS) is 14.4. The number of nitrogens with zero attached hydrogens (tertiary/aromatic N) is 4. The zero-order chi connectivity index (χ0) is 33.0. The Labute approximate surface area is 275 Å². The second-order valence-electron chi connectivity index (χ2n) is 11.5. The molecule has 0 spiro atoms. The minimum Gasteiger partial charge on any atom is -0.406 e. The number of fused-ring (bicyclic) bond motifs is 1. The largest absolute Gasteiger partial charge is 0.573 e. The molecule has 3 heterocycles. The highest BCUT2D eigenvalue weighted by Crippen LogP contribution is 2.35. The Bertz CT molecular complexity index is 1840. The van der Waals surface area contributed by atoms with Crippen molar-refractivity contribution in [3.8, 4) is 22.6 Å². The number of nitrogens with one attached hydrogen (secondary N) is 1. The third-order valence-corrected chi connectivity index (χ3v) is 8.60. The summed E-state index contributed by atoms with van der Waals surface area (Å²) >= 11 is 6.38. The van der Waals surface area contributed by atoms with Gasteiger partial charge in [-0.3, -0.25) is 19.6 Å². The number of carbonyl (C=O) groups excluding carboxylic acids is 1. The number of carbonyl (C=O) groups is 1. The van der Waals surface area contributed by atoms with Crippen LogP contribution in [0.15, 0.2) is 91.3 Å². The number of rotatable bonds is 10. The number of aromatic nitrogens is 2. The number of halogens is 4. The van der Waals surface area contributed by atoms with Gasteiger partial charge in [-0.2, -0.15) is 0 Å². The predicted octanol–water partition coefficient (Wildman–Crippen LogP) is 6.14. The van der Waals surface area contributed by atoms with E-state index in [0.717, 1.165) is 83.1 Å². The summed E-state index contributed by atoms with van der Waals surface area (Å²) in [5, 5.41) is 4.46. The van der Waals surface area contributed by atoms with Gasteiger partial charge in [0.2, 0.25) is 5.91 Å². The van der Waals surface area contributed by atoms with Gasteiger partial charge in [-0.05, 0) is 59.2 Å². The Kier molecular flexibility index (Phi) is 9.79. The molecule has 244 valence electrons. The summed E-state index contributed by atoms with van der Waals surface area (Å²) in [5.41, 5.74) is 11.7. The summed E-state index contributed by atoms with van der Waals surface area (Å²) in [5.74, 6) is -0.542. The highest BCUT2D eigenvalue weighted by atomic mass is 35.5. The third-order valence-electron chi connectivity index (χ3n) is 8.23. The van der Waals surface area contributed by atoms with Crippen molar-refractivity contribution in [2.45, 2.75) is 26.0 Å². The molecule has 0 atom stereocenters. The van der Waals surface area contributed by atoms with Gasteiger partial charge in [0.25, 0.3) is 0 Å². The maximum atomic E-state index is 12.8. The van der Waals surface area contributed by atoms with Crippen molar-refractivity contribution >= 4 is 28.4 Å². The minimum atomic E-state index is -4.77. The molecule has 12 heteroatoms. The highest BCUT2D eigenvalue weighted by molar-refractivity contribution is 6.31. The van der Waals surface area contributed by atoms with Crippen LogP contribution in [0, 0.1) is 0 Å². The van der Waals surface area contributed by atoms with Crippen LogP contribution in [0.5, 0.6) is 5.75 Å². The number of ether oxygens (including phenoxy) is 1. The molecule has 6 rings (SSSR count). The van der Waals surface area contributed by atoms with Gasteiger partial charge in [0.05, 0.1) is 36.2 Å². The van der Waals surface area contributed by atoms with E-state index in [0.29, 0.717) is 5.69 Å². The molecule has 8 nitrogen and oxygen atoms in total. The molecule has 0 aliphatic carbocycles. The second-order valence-corrected chi connectivity index (χ2v) is 11.9. The number of amides is 1. The number of alkyl halides is 3. The van der Waals surface area contributed by atoms with Gasteiger partial charge >= 0.3 is 6.36 Å². The first-order chi connectivity index (χ1) is 22.6. The SMILES string of the molecule is NCC(=O)NCc1ccc(-n2cc(-c3ccc(OC(F)(F)F)cc3)c3cc(CN4CCN(Cc5ccccc5Cl)CC4)ccc32)cn1. The van der Waals surface area contributed by atoms with Crippen molar-refractivity contribution in [3.63, 3.8) is 0 Å². The quantitative estimate of drug-likeness (QED) is 0.187. The van der Waals surface area contributed by atoms with E-state index in [1.807, 2.05) is 41.1 Å². The second kappa shape index (κ2) is 14.1. The molecular formula is C35H34ClF3N6O2. The first-order valence-electron chi connectivity index (χ1n) is 15.3. The monoisotopic (exact) mass is 662 g/mol. The summed E-state index contributed by atoms with van der Waals surface area (Å²) in [6.07, 6.45) is -1.07. The third kappa shape index (κ3) is 8.12. The van der Waals surface area contributed by atoms with Crippen molar-refractivity contribution in [2.75, 3.05) is 32.7 Å². The summed E-state index contributed by atoms with van der Waals surface area (Å²) in [7, 11) is 0. The number of nitrogens with two attached hydrogens (primary N) is 1. The van der Waals surface area contributed by atoms with Crippen LogP contribution in [-0.2, 0) is 24.4 Å². The Balaban J connectivity index is 1.24. The maximum Gasteiger partial charge on any atom is 0.573 e. The Morgan fingerprint density at radius 3 is 2.32 bits per heavy atom. The van der Waals surface area contributed by atoms with Crippen LogP contribution >= 0.6 is 11.6 Å². The number of benzene rings is 3. The van der Waals surface area contributed by atoms with Gasteiger partial charge in [0.1, 0.15) is 5.75 Å². The summed E-state index contributed by atoms with van der Waals surface area (Å²) in [6, 6.07) is 23.9. The maximum absolute atomic E-state index is 12.8. The van der Waals surface area contributed by atoms with E-state index in [9.17, 15) is 18.0 Å². The van der Waals surface area contributed by atoms with Crippen LogP contribution in [-0.4, -0.2) is 64.3 Å². The number of pyridine rings is 1. The van der Waals surface area contributed by atoms with Crippen LogP contribution in [0.2, 0.25) is 5.02 Å². The molecule has 3 aromatic carbocycles. The fraction of sp³-hybridized carbons (Fsp3) is 0.257. The predicted molar refractivity (Wildman–Crippen MR) is 176 cm³/mol. The molecule has 1 amide bonds. The Morgan fingerprint density at radius 2 is 1.66 bits per heavy atom. The summed E-state index contributed by atoms with van der Waals surface area (Å²) < 4.78 is 44.5. The van der Waals surface area contributed by atoms with E-state index >= 15 is 0 Å². The molecule has 2 aromatic heterocycles. The van der Waals surface area contributed by atoms with Crippen LogP contribution in [0.4, 0.5) is 13.2 Å². The topological polar surface area (TPSA) is 88.6 Å². The summed E-state index contributed by atoms with van der Waals surface area (Å²) in [4.78, 5) is 20.9. The molecule has 1 aliphatic rings. The van der Waals surface area contributed by atoms with E-state index in [4.69, 9.17) is 17.3 Å². The zero-order valence-electron chi connectivity index (χ0n) is 25.5. The van der Waals surface area contributed by atoms with Gasteiger partial charge in [0.15, 0.2) is 0 Å². The van der Waals surface area contributed by atoms with Gasteiger partial charge in [-0.1, -0.05) is 48.0 Å². The minimum absolute atomic E-state index is 0.0959. The van der Waals surface area contributed by atoms with E-state index in [-0.39, 0.29) is 24.7 Å². The fourth-order valence-corrected chi connectivity index (χ4v) is 6.01. The molecule has 0 unspecified atom stereocenters. The van der Waals surface area contributed by atoms with E-state index in [1.54, 1.807) is 18.3 Å². The van der Waals surface area contributed by atoms with Crippen LogP contribution in [0.1, 0.15) is 16.8 Å². The molecule has 47 heavy (non-hydrogen) atoms. The van der Waals surface area contributed by atoms with Crippen molar-refractivity contribution in [3.05, 3.63) is 113 Å². The molecule has 1 fully saturated rings. The Hall–Kier alpha value is -4.42. The molecule has 3 N–H and O–H groups in total. The first-order valence-corrected chi connectivity index (χ1v) is 15.6. The average Bonchev–Trinajstić information content (AvgIpc) is 3.44. The molecule has 0 radical (unpaired) electrons.